The molecule has 1 aromatic rings. The van der Waals surface area contributed by atoms with E-state index in [9.17, 15) is 9.90 Å². The Kier molecular flexibility index (Phi) is 4.55. The largest absolute Gasteiger partial charge is 0.393 e. The maximum Gasteiger partial charge on any atom is 0.254 e. The Balaban J connectivity index is 1.90. The molecule has 1 aliphatic carbocycles. The Morgan fingerprint density at radius 2 is 2.28 bits per heavy atom. The van der Waals surface area contributed by atoms with Crippen LogP contribution in [0.15, 0.2) is 18.3 Å². The number of aliphatic hydroxyl groups excluding tert-OH is 1. The van der Waals surface area contributed by atoms with Gasteiger partial charge in [0.15, 0.2) is 0 Å². The molecule has 0 aromatic carbocycles. The van der Waals surface area contributed by atoms with E-state index in [1.165, 1.54) is 0 Å². The lowest BCUT2D eigenvalue weighted by Gasteiger charge is -2.27. The van der Waals surface area contributed by atoms with Gasteiger partial charge in [-0.05, 0) is 25.0 Å². The zero-order valence-corrected chi connectivity index (χ0v) is 10.9. The fourth-order valence-electron chi connectivity index (χ4n) is 2.30. The lowest BCUT2D eigenvalue weighted by Crippen LogP contribution is -2.36. The average Bonchev–Trinajstić information content (AvgIpc) is 2.38. The average molecular weight is 269 g/mol. The fraction of sp³-hybridized carbons (Fsp3) is 0.538. The van der Waals surface area contributed by atoms with E-state index in [0.29, 0.717) is 12.1 Å². The van der Waals surface area contributed by atoms with E-state index >= 15 is 0 Å². The number of pyridine rings is 1. The van der Waals surface area contributed by atoms with E-state index < -0.39 is 0 Å². The predicted molar refractivity (Wildman–Crippen MR) is 69.5 cm³/mol. The van der Waals surface area contributed by atoms with Gasteiger partial charge < -0.3 is 10.4 Å². The summed E-state index contributed by atoms with van der Waals surface area (Å²) in [5.41, 5.74) is 0.379. The minimum atomic E-state index is -0.302. The molecule has 0 aliphatic heterocycles. The highest BCUT2D eigenvalue weighted by molar-refractivity contribution is 6.32. The summed E-state index contributed by atoms with van der Waals surface area (Å²) in [6.45, 7) is 0.491. The molecule has 2 rings (SSSR count). The highest BCUT2D eigenvalue weighted by Gasteiger charge is 2.23. The Bertz CT molecular complexity index is 425. The second kappa shape index (κ2) is 6.16. The minimum Gasteiger partial charge on any atom is -0.393 e. The highest BCUT2D eigenvalue weighted by atomic mass is 35.5. The van der Waals surface area contributed by atoms with Gasteiger partial charge >= 0.3 is 0 Å². The Labute approximate surface area is 111 Å². The quantitative estimate of drug-likeness (QED) is 0.825. The minimum absolute atomic E-state index is 0.151. The molecule has 98 valence electrons. The van der Waals surface area contributed by atoms with Gasteiger partial charge in [0.2, 0.25) is 0 Å². The van der Waals surface area contributed by atoms with Crippen molar-refractivity contribution in [3.63, 3.8) is 0 Å². The van der Waals surface area contributed by atoms with Crippen molar-refractivity contribution in [1.29, 1.82) is 0 Å². The Morgan fingerprint density at radius 1 is 1.50 bits per heavy atom. The van der Waals surface area contributed by atoms with Crippen LogP contribution in [0.2, 0.25) is 5.15 Å². The second-order valence-electron chi connectivity index (χ2n) is 4.66. The van der Waals surface area contributed by atoms with Crippen LogP contribution in [0.5, 0.6) is 0 Å². The number of aliphatic hydroxyl groups is 1. The summed E-state index contributed by atoms with van der Waals surface area (Å²) in [4.78, 5) is 15.8. The molecule has 0 spiro atoms. The van der Waals surface area contributed by atoms with Crippen molar-refractivity contribution in [2.45, 2.75) is 31.8 Å². The topological polar surface area (TPSA) is 62.2 Å². The number of nitrogens with one attached hydrogen (secondary N) is 1. The molecular weight excluding hydrogens is 252 g/mol. The summed E-state index contributed by atoms with van der Waals surface area (Å²) in [5, 5.41) is 12.8. The van der Waals surface area contributed by atoms with E-state index in [1.54, 1.807) is 18.3 Å². The summed E-state index contributed by atoms with van der Waals surface area (Å²) in [7, 11) is 0. The number of rotatable bonds is 3. The summed E-state index contributed by atoms with van der Waals surface area (Å²) < 4.78 is 0. The fourth-order valence-corrected chi connectivity index (χ4v) is 2.51. The molecule has 1 fully saturated rings. The molecule has 0 bridgehead atoms. The second-order valence-corrected chi connectivity index (χ2v) is 5.02. The van der Waals surface area contributed by atoms with Crippen LogP contribution in [0.4, 0.5) is 0 Å². The summed E-state index contributed by atoms with van der Waals surface area (Å²) in [6.07, 6.45) is 5.22. The monoisotopic (exact) mass is 268 g/mol. The first-order chi connectivity index (χ1) is 8.68. The van der Waals surface area contributed by atoms with E-state index in [4.69, 9.17) is 11.6 Å². The van der Waals surface area contributed by atoms with Crippen LogP contribution in [-0.4, -0.2) is 28.6 Å². The van der Waals surface area contributed by atoms with Crippen molar-refractivity contribution < 1.29 is 9.90 Å². The molecule has 5 heteroatoms. The first-order valence-corrected chi connectivity index (χ1v) is 6.63. The molecule has 2 N–H and O–H groups in total. The number of hydrogen-bond donors (Lipinski definition) is 2. The van der Waals surface area contributed by atoms with Crippen molar-refractivity contribution in [2.24, 2.45) is 5.92 Å². The van der Waals surface area contributed by atoms with E-state index in [1.807, 2.05) is 0 Å². The first kappa shape index (κ1) is 13.3. The zero-order chi connectivity index (χ0) is 13.0. The third-order valence-corrected chi connectivity index (χ3v) is 3.70. The molecule has 2 unspecified atom stereocenters. The SMILES string of the molecule is O=C(NCC1CCCCC1O)c1cccnc1Cl. The van der Waals surface area contributed by atoms with Crippen LogP contribution in [0.25, 0.3) is 0 Å². The van der Waals surface area contributed by atoms with Gasteiger partial charge in [0.25, 0.3) is 5.91 Å². The number of halogens is 1. The maximum atomic E-state index is 11.9. The number of nitrogens with zero attached hydrogens (tertiary/aromatic N) is 1. The predicted octanol–water partition coefficient (Wildman–Crippen LogP) is 2.02. The van der Waals surface area contributed by atoms with Gasteiger partial charge in [0.1, 0.15) is 5.15 Å². The molecule has 1 heterocycles. The van der Waals surface area contributed by atoms with Crippen LogP contribution < -0.4 is 5.32 Å². The first-order valence-electron chi connectivity index (χ1n) is 6.25. The van der Waals surface area contributed by atoms with Gasteiger partial charge in [-0.15, -0.1) is 0 Å². The molecule has 18 heavy (non-hydrogen) atoms. The lowest BCUT2D eigenvalue weighted by molar-refractivity contribution is 0.0663. The van der Waals surface area contributed by atoms with E-state index in [-0.39, 0.29) is 23.1 Å². The number of carbonyl (C=O) groups excluding carboxylic acids is 1. The number of hydrogen-bond acceptors (Lipinski definition) is 3. The maximum absolute atomic E-state index is 11.9. The highest BCUT2D eigenvalue weighted by Crippen LogP contribution is 2.23. The summed E-state index contributed by atoms with van der Waals surface area (Å²) in [6, 6.07) is 3.32. The normalized spacial score (nSPS) is 23.7. The van der Waals surface area contributed by atoms with E-state index in [0.717, 1.165) is 25.7 Å². The van der Waals surface area contributed by atoms with Crippen molar-refractivity contribution in [1.82, 2.24) is 10.3 Å². The number of amides is 1. The van der Waals surface area contributed by atoms with Crippen LogP contribution in [0, 0.1) is 5.92 Å². The number of aromatic nitrogens is 1. The summed E-state index contributed by atoms with van der Waals surface area (Å²) >= 11 is 5.85. The molecule has 1 amide bonds. The van der Waals surface area contributed by atoms with Gasteiger partial charge in [-0.1, -0.05) is 24.4 Å². The van der Waals surface area contributed by atoms with Gasteiger partial charge in [-0.25, -0.2) is 4.98 Å². The molecule has 2 atom stereocenters. The summed E-state index contributed by atoms with van der Waals surface area (Å²) in [5.74, 6) is -0.0796. The Hall–Kier alpha value is -1.13. The Morgan fingerprint density at radius 3 is 3.00 bits per heavy atom. The van der Waals surface area contributed by atoms with Crippen LogP contribution >= 0.6 is 11.6 Å². The molecule has 0 saturated heterocycles. The van der Waals surface area contributed by atoms with Gasteiger partial charge in [0, 0.05) is 18.7 Å². The van der Waals surface area contributed by atoms with Crippen LogP contribution in [-0.2, 0) is 0 Å². The standard InChI is InChI=1S/C13H17ClN2O2/c14-12-10(5-3-7-15-12)13(18)16-8-9-4-1-2-6-11(9)17/h3,5,7,9,11,17H,1-2,4,6,8H2,(H,16,18). The third-order valence-electron chi connectivity index (χ3n) is 3.40. The molecular formula is C13H17ClN2O2. The lowest BCUT2D eigenvalue weighted by atomic mass is 9.86. The molecule has 0 radical (unpaired) electrons. The molecule has 1 aliphatic rings. The van der Waals surface area contributed by atoms with Crippen molar-refractivity contribution in [2.75, 3.05) is 6.54 Å². The zero-order valence-electron chi connectivity index (χ0n) is 10.1. The van der Waals surface area contributed by atoms with Gasteiger partial charge in [-0.3, -0.25) is 4.79 Å². The smallest absolute Gasteiger partial charge is 0.254 e. The number of carbonyl (C=O) groups is 1. The molecule has 1 aromatic heterocycles. The van der Waals surface area contributed by atoms with Gasteiger partial charge in [-0.2, -0.15) is 0 Å². The van der Waals surface area contributed by atoms with Crippen LogP contribution in [0.1, 0.15) is 36.0 Å². The third kappa shape index (κ3) is 3.21. The van der Waals surface area contributed by atoms with E-state index in [2.05, 4.69) is 10.3 Å². The van der Waals surface area contributed by atoms with Crippen molar-refractivity contribution in [3.05, 3.63) is 29.0 Å². The molecule has 1 saturated carbocycles. The van der Waals surface area contributed by atoms with Crippen molar-refractivity contribution >= 4 is 17.5 Å². The molecule has 4 nitrogen and oxygen atoms in total. The van der Waals surface area contributed by atoms with Crippen LogP contribution in [0.3, 0.4) is 0 Å². The van der Waals surface area contributed by atoms with Gasteiger partial charge in [0.05, 0.1) is 11.7 Å². The van der Waals surface area contributed by atoms with Crippen molar-refractivity contribution in [3.8, 4) is 0 Å².